The highest BCUT2D eigenvalue weighted by atomic mass is 35.5. The standard InChI is InChI=1S/C21H18Cl2N4O3S/c22-15-6-2-1-5-14(15)20(29)24-19(28)12-31-21-26-25-18(27(21)13-9-10-13)11-30-17-8-4-3-7-16(17)23/h1-8,13H,9-12H2,(H,24,28,29). The first kappa shape index (κ1) is 21.7. The smallest absolute Gasteiger partial charge is 0.259 e. The van der Waals surface area contributed by atoms with Gasteiger partial charge in [0.2, 0.25) is 5.91 Å². The van der Waals surface area contributed by atoms with Gasteiger partial charge in [-0.15, -0.1) is 10.2 Å². The molecule has 4 rings (SSSR count). The number of rotatable bonds is 8. The minimum absolute atomic E-state index is 0.0203. The Morgan fingerprint density at radius 2 is 1.77 bits per heavy atom. The van der Waals surface area contributed by atoms with Crippen LogP contribution in [0.1, 0.15) is 35.1 Å². The second-order valence-corrected chi connectivity index (χ2v) is 8.62. The van der Waals surface area contributed by atoms with Gasteiger partial charge in [-0.3, -0.25) is 19.5 Å². The molecule has 2 amide bonds. The lowest BCUT2D eigenvalue weighted by atomic mass is 10.2. The summed E-state index contributed by atoms with van der Waals surface area (Å²) in [5.41, 5.74) is 0.252. The van der Waals surface area contributed by atoms with Crippen molar-refractivity contribution in [2.75, 3.05) is 5.75 Å². The first-order chi connectivity index (χ1) is 15.0. The Labute approximate surface area is 193 Å². The normalized spacial score (nSPS) is 13.1. The number of benzene rings is 2. The maximum Gasteiger partial charge on any atom is 0.259 e. The van der Waals surface area contributed by atoms with E-state index in [2.05, 4.69) is 15.5 Å². The van der Waals surface area contributed by atoms with Gasteiger partial charge in [0.1, 0.15) is 12.4 Å². The van der Waals surface area contributed by atoms with Crippen LogP contribution >= 0.6 is 35.0 Å². The van der Waals surface area contributed by atoms with Gasteiger partial charge in [0.15, 0.2) is 11.0 Å². The maximum atomic E-state index is 12.3. The zero-order valence-corrected chi connectivity index (χ0v) is 18.6. The Hall–Kier alpha value is -2.55. The Bertz CT molecular complexity index is 1120. The van der Waals surface area contributed by atoms with Crippen LogP contribution in [0.3, 0.4) is 0 Å². The monoisotopic (exact) mass is 476 g/mol. The summed E-state index contributed by atoms with van der Waals surface area (Å²) in [5.74, 6) is 0.286. The van der Waals surface area contributed by atoms with Gasteiger partial charge in [0, 0.05) is 6.04 Å². The van der Waals surface area contributed by atoms with E-state index in [9.17, 15) is 9.59 Å². The van der Waals surface area contributed by atoms with Crippen LogP contribution in [-0.4, -0.2) is 32.3 Å². The number of hydrogen-bond donors (Lipinski definition) is 1. The first-order valence-electron chi connectivity index (χ1n) is 9.55. The molecular weight excluding hydrogens is 459 g/mol. The molecule has 0 atom stereocenters. The fraction of sp³-hybridized carbons (Fsp3) is 0.238. The summed E-state index contributed by atoms with van der Waals surface area (Å²) in [6, 6.07) is 14.1. The largest absolute Gasteiger partial charge is 0.484 e. The van der Waals surface area contributed by atoms with Crippen LogP contribution in [-0.2, 0) is 11.4 Å². The quantitative estimate of drug-likeness (QED) is 0.480. The number of aromatic nitrogens is 3. The molecule has 31 heavy (non-hydrogen) atoms. The van der Waals surface area contributed by atoms with Gasteiger partial charge in [-0.2, -0.15) is 0 Å². The molecule has 0 bridgehead atoms. The highest BCUT2D eigenvalue weighted by Crippen LogP contribution is 2.39. The third-order valence-corrected chi connectivity index (χ3v) is 6.13. The molecule has 3 aromatic rings. The molecule has 1 heterocycles. The van der Waals surface area contributed by atoms with E-state index in [0.717, 1.165) is 12.8 Å². The average Bonchev–Trinajstić information content (AvgIpc) is 3.52. The zero-order valence-electron chi connectivity index (χ0n) is 16.3. The molecule has 7 nitrogen and oxygen atoms in total. The van der Waals surface area contributed by atoms with Crippen molar-refractivity contribution in [2.45, 2.75) is 30.6 Å². The summed E-state index contributed by atoms with van der Waals surface area (Å²) >= 11 is 13.4. The third-order valence-electron chi connectivity index (χ3n) is 4.54. The van der Waals surface area contributed by atoms with Crippen LogP contribution < -0.4 is 10.1 Å². The van der Waals surface area contributed by atoms with Crippen LogP contribution in [0.5, 0.6) is 5.75 Å². The number of halogens is 2. The molecule has 160 valence electrons. The van der Waals surface area contributed by atoms with E-state index in [0.29, 0.717) is 21.8 Å². The molecule has 1 fully saturated rings. The number of nitrogens with zero attached hydrogens (tertiary/aromatic N) is 3. The summed E-state index contributed by atoms with van der Waals surface area (Å²) in [5, 5.41) is 12.2. The Morgan fingerprint density at radius 3 is 2.48 bits per heavy atom. The zero-order chi connectivity index (χ0) is 21.8. The van der Waals surface area contributed by atoms with Crippen LogP contribution in [0.15, 0.2) is 53.7 Å². The molecular formula is C21H18Cl2N4O3S. The highest BCUT2D eigenvalue weighted by Gasteiger charge is 2.30. The number of para-hydroxylation sites is 1. The van der Waals surface area contributed by atoms with Crippen molar-refractivity contribution in [3.8, 4) is 5.75 Å². The number of carbonyl (C=O) groups excluding carboxylic acids is 2. The molecule has 2 aromatic carbocycles. The van der Waals surface area contributed by atoms with Crippen molar-refractivity contribution in [2.24, 2.45) is 0 Å². The van der Waals surface area contributed by atoms with Gasteiger partial charge >= 0.3 is 0 Å². The van der Waals surface area contributed by atoms with Crippen molar-refractivity contribution in [1.29, 1.82) is 0 Å². The van der Waals surface area contributed by atoms with Crippen LogP contribution in [0.4, 0.5) is 0 Å². The molecule has 1 aromatic heterocycles. The van der Waals surface area contributed by atoms with E-state index in [-0.39, 0.29) is 29.0 Å². The third kappa shape index (κ3) is 5.39. The summed E-state index contributed by atoms with van der Waals surface area (Å²) in [6.45, 7) is 0.213. The Kier molecular flexibility index (Phi) is 6.80. The number of thioether (sulfide) groups is 1. The topological polar surface area (TPSA) is 86.1 Å². The summed E-state index contributed by atoms with van der Waals surface area (Å²) in [6.07, 6.45) is 2.03. The molecule has 0 unspecified atom stereocenters. The lowest BCUT2D eigenvalue weighted by Crippen LogP contribution is -2.32. The van der Waals surface area contributed by atoms with Gasteiger partial charge in [0.05, 0.1) is 21.4 Å². The van der Waals surface area contributed by atoms with Crippen molar-refractivity contribution in [1.82, 2.24) is 20.1 Å². The van der Waals surface area contributed by atoms with Crippen molar-refractivity contribution >= 4 is 46.8 Å². The SMILES string of the molecule is O=C(CSc1nnc(COc2ccccc2Cl)n1C1CC1)NC(=O)c1ccccc1Cl. The van der Waals surface area contributed by atoms with Crippen LogP contribution in [0.2, 0.25) is 10.0 Å². The van der Waals surface area contributed by atoms with E-state index in [1.807, 2.05) is 16.7 Å². The average molecular weight is 477 g/mol. The van der Waals surface area contributed by atoms with Crippen molar-refractivity contribution < 1.29 is 14.3 Å². The van der Waals surface area contributed by atoms with E-state index in [1.54, 1.807) is 36.4 Å². The second kappa shape index (κ2) is 9.72. The number of imide groups is 1. The molecule has 0 saturated heterocycles. The molecule has 0 aliphatic heterocycles. The van der Waals surface area contributed by atoms with E-state index in [4.69, 9.17) is 27.9 Å². The number of ether oxygens (including phenoxy) is 1. The van der Waals surface area contributed by atoms with Crippen LogP contribution in [0, 0.1) is 0 Å². The fourth-order valence-corrected chi connectivity index (χ4v) is 4.15. The molecule has 0 spiro atoms. The van der Waals surface area contributed by atoms with Crippen molar-refractivity contribution in [3.05, 3.63) is 70.0 Å². The number of carbonyl (C=O) groups is 2. The highest BCUT2D eigenvalue weighted by molar-refractivity contribution is 7.99. The Morgan fingerprint density at radius 1 is 1.06 bits per heavy atom. The van der Waals surface area contributed by atoms with Gasteiger partial charge in [-0.05, 0) is 37.1 Å². The molecule has 1 N–H and O–H groups in total. The second-order valence-electron chi connectivity index (χ2n) is 6.86. The van der Waals surface area contributed by atoms with Gasteiger partial charge in [-0.1, -0.05) is 59.2 Å². The number of amides is 2. The summed E-state index contributed by atoms with van der Waals surface area (Å²) < 4.78 is 7.78. The molecule has 0 radical (unpaired) electrons. The first-order valence-corrected chi connectivity index (χ1v) is 11.3. The van der Waals surface area contributed by atoms with Gasteiger partial charge < -0.3 is 4.74 Å². The predicted molar refractivity (Wildman–Crippen MR) is 119 cm³/mol. The molecule has 1 aliphatic carbocycles. The molecule has 10 heteroatoms. The predicted octanol–water partition coefficient (Wildman–Crippen LogP) is 4.55. The maximum absolute atomic E-state index is 12.3. The fourth-order valence-electron chi connectivity index (χ4n) is 2.91. The minimum atomic E-state index is -0.534. The summed E-state index contributed by atoms with van der Waals surface area (Å²) in [4.78, 5) is 24.5. The molecule has 1 aliphatic rings. The van der Waals surface area contributed by atoms with Gasteiger partial charge in [-0.25, -0.2) is 0 Å². The van der Waals surface area contributed by atoms with Gasteiger partial charge in [0.25, 0.3) is 5.91 Å². The number of nitrogens with one attached hydrogen (secondary N) is 1. The van der Waals surface area contributed by atoms with E-state index < -0.39 is 11.8 Å². The van der Waals surface area contributed by atoms with E-state index in [1.165, 1.54) is 11.8 Å². The lowest BCUT2D eigenvalue weighted by molar-refractivity contribution is -0.117. The Balaban J connectivity index is 1.37. The lowest BCUT2D eigenvalue weighted by Gasteiger charge is -2.11. The van der Waals surface area contributed by atoms with Crippen LogP contribution in [0.25, 0.3) is 0 Å². The minimum Gasteiger partial charge on any atom is -0.484 e. The van der Waals surface area contributed by atoms with Crippen molar-refractivity contribution in [3.63, 3.8) is 0 Å². The summed E-state index contributed by atoms with van der Waals surface area (Å²) in [7, 11) is 0. The molecule has 1 saturated carbocycles. The van der Waals surface area contributed by atoms with E-state index >= 15 is 0 Å². The number of hydrogen-bond acceptors (Lipinski definition) is 6.